The molecule has 7 nitrogen and oxygen atoms in total. The number of anilines is 2. The lowest BCUT2D eigenvalue weighted by atomic mass is 9.95. The van der Waals surface area contributed by atoms with E-state index < -0.39 is 5.82 Å². The summed E-state index contributed by atoms with van der Waals surface area (Å²) in [5.41, 5.74) is 2.62. The third kappa shape index (κ3) is 6.33. The first-order chi connectivity index (χ1) is 19.8. The normalized spacial score (nSPS) is 14.6. The summed E-state index contributed by atoms with van der Waals surface area (Å²) in [6, 6.07) is 15.6. The first kappa shape index (κ1) is 29.9. The van der Waals surface area contributed by atoms with Crippen LogP contribution in [0.5, 0.6) is 0 Å². The monoisotopic (exact) mass is 575 g/mol. The number of aromatic nitrogens is 1. The van der Waals surface area contributed by atoms with Gasteiger partial charge in [0.1, 0.15) is 11.7 Å². The van der Waals surface area contributed by atoms with Crippen molar-refractivity contribution in [1.29, 1.82) is 0 Å². The maximum absolute atomic E-state index is 15.0. The molecule has 2 aromatic carbocycles. The van der Waals surface area contributed by atoms with Gasteiger partial charge in [-0.2, -0.15) is 0 Å². The van der Waals surface area contributed by atoms with Crippen LogP contribution >= 0.6 is 11.6 Å². The largest absolute Gasteiger partial charge is 0.357 e. The van der Waals surface area contributed by atoms with Crippen molar-refractivity contribution in [1.82, 2.24) is 15.2 Å². The Morgan fingerprint density at radius 3 is 2.56 bits per heavy atom. The number of para-hydroxylation sites is 1. The zero-order valence-electron chi connectivity index (χ0n) is 23.6. The van der Waals surface area contributed by atoms with Crippen LogP contribution in [-0.2, 0) is 15.0 Å². The van der Waals surface area contributed by atoms with Gasteiger partial charge in [-0.25, -0.2) is 9.37 Å². The fourth-order valence-electron chi connectivity index (χ4n) is 5.04. The number of carbonyl (C=O) groups excluding carboxylic acids is 2. The smallest absolute Gasteiger partial charge is 0.219 e. The minimum absolute atomic E-state index is 0.0501. The van der Waals surface area contributed by atoms with Gasteiger partial charge in [0.15, 0.2) is 5.82 Å². The molecule has 9 heteroatoms. The summed E-state index contributed by atoms with van der Waals surface area (Å²) in [6.07, 6.45) is 5.85. The highest BCUT2D eigenvalue weighted by Crippen LogP contribution is 2.51. The van der Waals surface area contributed by atoms with Crippen molar-refractivity contribution in [2.45, 2.75) is 44.6 Å². The second-order valence-corrected chi connectivity index (χ2v) is 10.8. The van der Waals surface area contributed by atoms with Gasteiger partial charge in [0.2, 0.25) is 12.8 Å². The number of amidine groups is 1. The van der Waals surface area contributed by atoms with Gasteiger partial charge >= 0.3 is 0 Å². The van der Waals surface area contributed by atoms with Crippen LogP contribution in [-0.4, -0.2) is 54.7 Å². The Morgan fingerprint density at radius 2 is 1.93 bits per heavy atom. The van der Waals surface area contributed by atoms with Crippen molar-refractivity contribution in [3.63, 3.8) is 0 Å². The van der Waals surface area contributed by atoms with Gasteiger partial charge in [-0.3, -0.25) is 19.5 Å². The van der Waals surface area contributed by atoms with E-state index in [0.717, 1.165) is 24.8 Å². The van der Waals surface area contributed by atoms with Crippen molar-refractivity contribution >= 4 is 41.8 Å². The molecule has 0 saturated heterocycles. The van der Waals surface area contributed by atoms with E-state index in [2.05, 4.69) is 23.8 Å². The predicted molar refractivity (Wildman–Crippen MR) is 163 cm³/mol. The molecular formula is C32H35ClFN5O2. The molecule has 0 bridgehead atoms. The molecule has 0 aliphatic heterocycles. The Morgan fingerprint density at radius 1 is 1.22 bits per heavy atom. The number of pyridine rings is 1. The molecule has 0 spiro atoms. The maximum atomic E-state index is 15.0. The zero-order valence-corrected chi connectivity index (χ0v) is 24.4. The number of amides is 2. The van der Waals surface area contributed by atoms with Gasteiger partial charge in [0, 0.05) is 31.7 Å². The van der Waals surface area contributed by atoms with Crippen molar-refractivity contribution in [2.24, 2.45) is 4.99 Å². The van der Waals surface area contributed by atoms with Crippen molar-refractivity contribution in [3.05, 3.63) is 89.2 Å². The summed E-state index contributed by atoms with van der Waals surface area (Å²) in [6.45, 7) is 8.90. The van der Waals surface area contributed by atoms with E-state index in [0.29, 0.717) is 43.0 Å². The second kappa shape index (κ2) is 13.1. The Labute approximate surface area is 245 Å². The highest BCUT2D eigenvalue weighted by atomic mass is 35.5. The Kier molecular flexibility index (Phi) is 9.55. The van der Waals surface area contributed by atoms with Crippen LogP contribution in [0.15, 0.2) is 72.2 Å². The topological polar surface area (TPSA) is 77.9 Å². The Balaban J connectivity index is 1.97. The number of hydrogen-bond acceptors (Lipinski definition) is 4. The summed E-state index contributed by atoms with van der Waals surface area (Å²) >= 11 is 6.80. The molecule has 1 atom stereocenters. The molecular weight excluding hydrogens is 541 g/mol. The van der Waals surface area contributed by atoms with Gasteiger partial charge in [-0.05, 0) is 61.4 Å². The number of halogens is 2. The lowest BCUT2D eigenvalue weighted by Crippen LogP contribution is -2.45. The van der Waals surface area contributed by atoms with Gasteiger partial charge < -0.3 is 10.2 Å². The van der Waals surface area contributed by atoms with E-state index in [4.69, 9.17) is 16.6 Å². The number of nitrogens with zero attached hydrogens (tertiary/aromatic N) is 4. The maximum Gasteiger partial charge on any atom is 0.219 e. The summed E-state index contributed by atoms with van der Waals surface area (Å²) < 4.78 is 15.0. The van der Waals surface area contributed by atoms with Gasteiger partial charge in [0.05, 0.1) is 22.0 Å². The molecule has 1 N–H and O–H groups in total. The molecule has 1 unspecified atom stereocenters. The number of aliphatic imine (C=N–C) groups is 1. The lowest BCUT2D eigenvalue weighted by molar-refractivity contribution is -0.109. The Hall–Kier alpha value is -4.04. The third-order valence-electron chi connectivity index (χ3n) is 7.56. The molecule has 4 rings (SSSR count). The van der Waals surface area contributed by atoms with Crippen LogP contribution in [0.25, 0.3) is 11.3 Å². The van der Waals surface area contributed by atoms with Crippen LogP contribution < -0.4 is 10.2 Å². The molecule has 1 saturated carbocycles. The summed E-state index contributed by atoms with van der Waals surface area (Å²) in [5.74, 6) is 0.326. The van der Waals surface area contributed by atoms with E-state index in [1.54, 1.807) is 37.4 Å². The summed E-state index contributed by atoms with van der Waals surface area (Å²) in [7, 11) is 1.66. The molecule has 1 fully saturated rings. The second-order valence-electron chi connectivity index (χ2n) is 10.4. The lowest BCUT2D eigenvalue weighted by Gasteiger charge is -2.34. The van der Waals surface area contributed by atoms with Crippen LogP contribution in [0.2, 0.25) is 5.02 Å². The third-order valence-corrected chi connectivity index (χ3v) is 7.85. The fourth-order valence-corrected chi connectivity index (χ4v) is 5.29. The van der Waals surface area contributed by atoms with Gasteiger partial charge in [-0.1, -0.05) is 54.9 Å². The standard InChI is InChI=1S/C32H35ClFN5O2/c1-5-6-17-38(22(2)19-36-20-40)30(35-4)24-18-26(33)29(23-11-7-9-13-27(23)34)37-31(24)39(21-41)28-14-10-8-12-25(28)32(3)15-16-32/h5,7-14,18,20-22H,1,6,15-17,19H2,2-4H3,(H,36,40). The molecule has 214 valence electrons. The molecule has 3 aromatic rings. The zero-order chi connectivity index (χ0) is 29.6. The molecule has 1 aromatic heterocycles. The molecule has 1 aliphatic rings. The minimum atomic E-state index is -0.477. The van der Waals surface area contributed by atoms with E-state index in [1.807, 2.05) is 36.1 Å². The number of nitrogens with one attached hydrogen (secondary N) is 1. The van der Waals surface area contributed by atoms with Crippen molar-refractivity contribution in [2.75, 3.05) is 25.0 Å². The summed E-state index contributed by atoms with van der Waals surface area (Å²) in [4.78, 5) is 37.1. The molecule has 1 aliphatic carbocycles. The van der Waals surface area contributed by atoms with E-state index in [1.165, 1.54) is 11.0 Å². The van der Waals surface area contributed by atoms with Crippen LogP contribution in [0, 0.1) is 5.82 Å². The number of rotatable bonds is 13. The van der Waals surface area contributed by atoms with Gasteiger partial charge in [-0.15, -0.1) is 6.58 Å². The predicted octanol–water partition coefficient (Wildman–Crippen LogP) is 6.28. The highest BCUT2D eigenvalue weighted by Gasteiger charge is 2.42. The van der Waals surface area contributed by atoms with Gasteiger partial charge in [0.25, 0.3) is 0 Å². The quantitative estimate of drug-likeness (QED) is 0.113. The van der Waals surface area contributed by atoms with Crippen LogP contribution in [0.3, 0.4) is 0 Å². The Bertz CT molecular complexity index is 1460. The molecule has 1 heterocycles. The van der Waals surface area contributed by atoms with Crippen molar-refractivity contribution in [3.8, 4) is 11.3 Å². The van der Waals surface area contributed by atoms with Crippen LogP contribution in [0.1, 0.15) is 44.2 Å². The summed E-state index contributed by atoms with van der Waals surface area (Å²) in [5, 5.41) is 2.95. The molecule has 41 heavy (non-hydrogen) atoms. The first-order valence-corrected chi connectivity index (χ1v) is 14.0. The average Bonchev–Trinajstić information content (AvgIpc) is 3.73. The van der Waals surface area contributed by atoms with E-state index in [9.17, 15) is 14.0 Å². The molecule has 2 amide bonds. The average molecular weight is 576 g/mol. The van der Waals surface area contributed by atoms with Crippen molar-refractivity contribution < 1.29 is 14.0 Å². The SMILES string of the molecule is C=CCCN(C(=NC)c1cc(Cl)c(-c2ccccc2F)nc1N(C=O)c1ccccc1C1(C)CC1)C(C)CNC=O. The van der Waals surface area contributed by atoms with E-state index in [-0.39, 0.29) is 33.6 Å². The minimum Gasteiger partial charge on any atom is -0.357 e. The van der Waals surface area contributed by atoms with E-state index >= 15 is 0 Å². The first-order valence-electron chi connectivity index (χ1n) is 13.6. The fraction of sp³-hybridized carbons (Fsp3) is 0.312. The number of hydrogen-bond donors (Lipinski definition) is 1. The number of carbonyl (C=O) groups is 2. The molecule has 0 radical (unpaired) electrons. The highest BCUT2D eigenvalue weighted by molar-refractivity contribution is 6.33. The number of benzene rings is 2. The van der Waals surface area contributed by atoms with Crippen LogP contribution in [0.4, 0.5) is 15.9 Å².